The zero-order chi connectivity index (χ0) is 6.69. The summed E-state index contributed by atoms with van der Waals surface area (Å²) in [7, 11) is 0. The molecule has 0 unspecified atom stereocenters. The first-order chi connectivity index (χ1) is 4.29. The number of primary amides is 1. The summed E-state index contributed by atoms with van der Waals surface area (Å²) < 4.78 is 4.86. The number of nitrogens with zero attached hydrogens (tertiary/aromatic N) is 1. The van der Waals surface area contributed by atoms with E-state index < -0.39 is 5.91 Å². The fourth-order valence-corrected chi connectivity index (χ4v) is 0.561. The molecule has 1 radical (unpaired) electrons. The minimum atomic E-state index is -0.518. The Bertz CT molecular complexity index is 153. The average Bonchev–Trinajstić information content (AvgIpc) is 2.15. The van der Waals surface area contributed by atoms with Crippen LogP contribution < -0.4 is 5.73 Å². The van der Waals surface area contributed by atoms with Gasteiger partial charge in [-0.25, -0.2) is 0 Å². The second kappa shape index (κ2) is 2.48. The topological polar surface area (TPSA) is 64.7 Å². The Balaban J connectivity index is 2.35. The normalized spacial score (nSPS) is 16.7. The van der Waals surface area contributed by atoms with E-state index in [0.717, 1.165) is 0 Å². The molecule has 0 spiro atoms. The Morgan fingerprint density at radius 3 is 3.11 bits per heavy atom. The van der Waals surface area contributed by atoms with E-state index in [1.54, 1.807) is 0 Å². The molecular weight excluding hydrogens is 120 g/mol. The van der Waals surface area contributed by atoms with Gasteiger partial charge in [0.2, 0.25) is 5.91 Å². The van der Waals surface area contributed by atoms with Gasteiger partial charge in [0.1, 0.15) is 13.0 Å². The number of carbonyl (C=O) groups excluding carboxylic acids is 1. The number of amides is 1. The third-order valence-corrected chi connectivity index (χ3v) is 0.875. The minimum absolute atomic E-state index is 0.350. The molecule has 0 aromatic carbocycles. The first-order valence-electron chi connectivity index (χ1n) is 2.60. The highest BCUT2D eigenvalue weighted by Gasteiger charge is 2.09. The number of hydrogen-bond donors (Lipinski definition) is 1. The molecule has 4 nitrogen and oxygen atoms in total. The molecule has 2 N–H and O–H groups in total. The Kier molecular flexibility index (Phi) is 1.67. The second-order valence-electron chi connectivity index (χ2n) is 1.62. The molecule has 0 saturated carbocycles. The zero-order valence-electron chi connectivity index (χ0n) is 4.83. The van der Waals surface area contributed by atoms with E-state index in [2.05, 4.69) is 4.99 Å². The monoisotopic (exact) mass is 127 g/mol. The van der Waals surface area contributed by atoms with E-state index in [1.165, 1.54) is 6.42 Å². The van der Waals surface area contributed by atoms with Crippen LogP contribution in [0.25, 0.3) is 0 Å². The number of ether oxygens (including phenoxy) is 1. The van der Waals surface area contributed by atoms with Crippen LogP contribution in [0, 0.1) is 6.42 Å². The third-order valence-electron chi connectivity index (χ3n) is 0.875. The van der Waals surface area contributed by atoms with E-state index in [-0.39, 0.29) is 0 Å². The third kappa shape index (κ3) is 1.71. The molecule has 0 bridgehead atoms. The second-order valence-corrected chi connectivity index (χ2v) is 1.62. The Labute approximate surface area is 52.7 Å². The van der Waals surface area contributed by atoms with Gasteiger partial charge in [-0.15, -0.1) is 0 Å². The molecule has 9 heavy (non-hydrogen) atoms. The summed E-state index contributed by atoms with van der Waals surface area (Å²) in [6.45, 7) is 1.18. The van der Waals surface area contributed by atoms with Crippen LogP contribution in [0.3, 0.4) is 0 Å². The average molecular weight is 127 g/mol. The van der Waals surface area contributed by atoms with Crippen LogP contribution >= 0.6 is 0 Å². The standard InChI is InChI=1S/C5H7N2O2/c6-4(8)3-5-7-1-2-9-5/h3H,1-2H2,(H2,6,8). The van der Waals surface area contributed by atoms with E-state index >= 15 is 0 Å². The SMILES string of the molecule is NC(=O)[CH]C1=NCCO1. The maximum absolute atomic E-state index is 10.2. The molecule has 1 rings (SSSR count). The van der Waals surface area contributed by atoms with Crippen molar-refractivity contribution in [3.63, 3.8) is 0 Å². The first-order valence-corrected chi connectivity index (χ1v) is 2.60. The molecule has 0 aliphatic carbocycles. The van der Waals surface area contributed by atoms with Crippen molar-refractivity contribution in [2.45, 2.75) is 0 Å². The lowest BCUT2D eigenvalue weighted by molar-refractivity contribution is -0.114. The van der Waals surface area contributed by atoms with E-state index in [0.29, 0.717) is 19.0 Å². The van der Waals surface area contributed by atoms with E-state index in [1.807, 2.05) is 0 Å². The van der Waals surface area contributed by atoms with Crippen LogP contribution in [0.4, 0.5) is 0 Å². The summed E-state index contributed by atoms with van der Waals surface area (Å²) in [6, 6.07) is 0. The Hall–Kier alpha value is -1.06. The molecule has 1 amide bonds. The predicted octanol–water partition coefficient (Wildman–Crippen LogP) is -0.895. The van der Waals surface area contributed by atoms with Gasteiger partial charge in [-0.3, -0.25) is 9.79 Å². The van der Waals surface area contributed by atoms with Crippen LogP contribution in [0.1, 0.15) is 0 Å². The summed E-state index contributed by atoms with van der Waals surface area (Å²) in [5.41, 5.74) is 4.82. The lowest BCUT2D eigenvalue weighted by atomic mass is 10.4. The van der Waals surface area contributed by atoms with Crippen LogP contribution in [0.15, 0.2) is 4.99 Å². The molecule has 1 heterocycles. The van der Waals surface area contributed by atoms with Gasteiger partial charge in [-0.2, -0.15) is 0 Å². The number of nitrogens with two attached hydrogens (primary N) is 1. The summed E-state index contributed by atoms with van der Waals surface area (Å²) in [5.74, 6) is -0.168. The number of aliphatic imine (C=N–C) groups is 1. The van der Waals surface area contributed by atoms with Crippen molar-refractivity contribution < 1.29 is 9.53 Å². The van der Waals surface area contributed by atoms with Crippen LogP contribution in [-0.4, -0.2) is 25.0 Å². The van der Waals surface area contributed by atoms with Gasteiger partial charge >= 0.3 is 0 Å². The largest absolute Gasteiger partial charge is 0.478 e. The Morgan fingerprint density at radius 1 is 1.89 bits per heavy atom. The van der Waals surface area contributed by atoms with Gasteiger partial charge in [-0.1, -0.05) is 0 Å². The quantitative estimate of drug-likeness (QED) is 0.522. The molecule has 0 aromatic heterocycles. The lowest BCUT2D eigenvalue weighted by Crippen LogP contribution is -2.17. The lowest BCUT2D eigenvalue weighted by Gasteiger charge is -1.94. The highest BCUT2D eigenvalue weighted by atomic mass is 16.5. The van der Waals surface area contributed by atoms with E-state index in [4.69, 9.17) is 10.5 Å². The Morgan fingerprint density at radius 2 is 2.67 bits per heavy atom. The van der Waals surface area contributed by atoms with Gasteiger partial charge < -0.3 is 10.5 Å². The highest BCUT2D eigenvalue weighted by molar-refractivity contribution is 6.08. The number of hydrogen-bond acceptors (Lipinski definition) is 3. The summed E-state index contributed by atoms with van der Waals surface area (Å²) in [4.78, 5) is 14.0. The molecular formula is C5H7N2O2. The summed E-state index contributed by atoms with van der Waals surface area (Å²) in [6.07, 6.45) is 1.17. The molecule has 1 aliphatic heterocycles. The van der Waals surface area contributed by atoms with E-state index in [9.17, 15) is 4.79 Å². The zero-order valence-corrected chi connectivity index (χ0v) is 4.83. The van der Waals surface area contributed by atoms with Gasteiger partial charge in [0.25, 0.3) is 0 Å². The highest BCUT2D eigenvalue weighted by Crippen LogP contribution is 1.95. The molecule has 0 aromatic rings. The van der Waals surface area contributed by atoms with Gasteiger partial charge in [0.15, 0.2) is 5.90 Å². The first kappa shape index (κ1) is 6.07. The van der Waals surface area contributed by atoms with Crippen molar-refractivity contribution in [2.24, 2.45) is 10.7 Å². The van der Waals surface area contributed by atoms with Crippen LogP contribution in [-0.2, 0) is 9.53 Å². The van der Waals surface area contributed by atoms with Crippen molar-refractivity contribution in [1.29, 1.82) is 0 Å². The molecule has 49 valence electrons. The molecule has 1 aliphatic rings. The van der Waals surface area contributed by atoms with Gasteiger partial charge in [-0.05, 0) is 0 Å². The number of carbonyl (C=O) groups is 1. The van der Waals surface area contributed by atoms with Crippen molar-refractivity contribution in [1.82, 2.24) is 0 Å². The predicted molar refractivity (Wildman–Crippen MR) is 31.7 cm³/mol. The van der Waals surface area contributed by atoms with Crippen molar-refractivity contribution in [3.05, 3.63) is 6.42 Å². The summed E-state index contributed by atoms with van der Waals surface area (Å²) in [5, 5.41) is 0. The summed E-state index contributed by atoms with van der Waals surface area (Å²) >= 11 is 0. The van der Waals surface area contributed by atoms with Crippen molar-refractivity contribution in [3.8, 4) is 0 Å². The molecule has 0 saturated heterocycles. The minimum Gasteiger partial charge on any atom is -0.478 e. The fourth-order valence-electron chi connectivity index (χ4n) is 0.561. The smallest absolute Gasteiger partial charge is 0.231 e. The van der Waals surface area contributed by atoms with Gasteiger partial charge in [0.05, 0.1) is 6.54 Å². The maximum atomic E-state index is 10.2. The van der Waals surface area contributed by atoms with Crippen LogP contribution in [0.5, 0.6) is 0 Å². The molecule has 0 fully saturated rings. The molecule has 0 atom stereocenters. The van der Waals surface area contributed by atoms with Crippen molar-refractivity contribution >= 4 is 11.8 Å². The number of rotatable bonds is 2. The van der Waals surface area contributed by atoms with Crippen molar-refractivity contribution in [2.75, 3.05) is 13.2 Å². The van der Waals surface area contributed by atoms with Gasteiger partial charge in [0, 0.05) is 0 Å². The van der Waals surface area contributed by atoms with Crippen LogP contribution in [0.2, 0.25) is 0 Å². The maximum Gasteiger partial charge on any atom is 0.231 e. The molecule has 4 heteroatoms. The fraction of sp³-hybridized carbons (Fsp3) is 0.400.